The summed E-state index contributed by atoms with van der Waals surface area (Å²) in [4.78, 5) is 19.5. The Bertz CT molecular complexity index is 882. The van der Waals surface area contributed by atoms with Gasteiger partial charge in [0.2, 0.25) is 0 Å². The van der Waals surface area contributed by atoms with Crippen LogP contribution in [0.15, 0.2) is 48.5 Å². The molecule has 0 aliphatic heterocycles. The summed E-state index contributed by atoms with van der Waals surface area (Å²) in [5, 5.41) is 30.6. The quantitative estimate of drug-likeness (QED) is 0.565. The molecule has 0 aliphatic carbocycles. The van der Waals surface area contributed by atoms with Crippen molar-refractivity contribution < 1.29 is 15.1 Å². The Balaban J connectivity index is 2.33. The first-order chi connectivity index (χ1) is 11.1. The van der Waals surface area contributed by atoms with Gasteiger partial charge in [-0.05, 0) is 18.2 Å². The average molecular weight is 311 g/mol. The number of aromatic nitrogens is 2. The fraction of sp³-hybridized carbons (Fsp3) is 0.125. The highest BCUT2D eigenvalue weighted by molar-refractivity contribution is 5.81. The Hall–Kier alpha value is -2.90. The first kappa shape index (κ1) is 15.0. The number of benzene rings is 2. The van der Waals surface area contributed by atoms with E-state index in [1.54, 1.807) is 42.5 Å². The van der Waals surface area contributed by atoms with Gasteiger partial charge in [-0.1, -0.05) is 24.3 Å². The molecule has 0 bridgehead atoms. The normalized spacial score (nSPS) is 12.3. The first-order valence-electron chi connectivity index (χ1n) is 6.91. The first-order valence-corrected chi connectivity index (χ1v) is 6.91. The maximum atomic E-state index is 11.3. The van der Waals surface area contributed by atoms with Crippen LogP contribution in [0, 0.1) is 10.1 Å². The van der Waals surface area contributed by atoms with Gasteiger partial charge in [0.1, 0.15) is 11.8 Å². The Labute approximate surface area is 131 Å². The second-order valence-electron chi connectivity index (χ2n) is 4.92. The van der Waals surface area contributed by atoms with Crippen molar-refractivity contribution in [2.45, 2.75) is 6.10 Å². The number of nitro groups is 1. The third kappa shape index (κ3) is 2.75. The zero-order valence-corrected chi connectivity index (χ0v) is 12.0. The molecule has 0 amide bonds. The molecular weight excluding hydrogens is 298 g/mol. The van der Waals surface area contributed by atoms with E-state index >= 15 is 0 Å². The highest BCUT2D eigenvalue weighted by atomic mass is 16.6. The van der Waals surface area contributed by atoms with E-state index in [-0.39, 0.29) is 22.6 Å². The van der Waals surface area contributed by atoms with Crippen molar-refractivity contribution in [2.75, 3.05) is 6.61 Å². The molecule has 23 heavy (non-hydrogen) atoms. The maximum Gasteiger partial charge on any atom is 0.278 e. The zero-order valence-electron chi connectivity index (χ0n) is 12.0. The SMILES string of the molecule is O=[N+]([O-])c1ccccc1-c1nc2ccccc2nc1C(O)CO. The topological polar surface area (TPSA) is 109 Å². The van der Waals surface area contributed by atoms with Gasteiger partial charge in [-0.2, -0.15) is 0 Å². The predicted octanol–water partition coefficient (Wildman–Crippen LogP) is 2.23. The van der Waals surface area contributed by atoms with Crippen LogP contribution < -0.4 is 0 Å². The van der Waals surface area contributed by atoms with Gasteiger partial charge in [-0.3, -0.25) is 10.1 Å². The van der Waals surface area contributed by atoms with Crippen molar-refractivity contribution >= 4 is 16.7 Å². The van der Waals surface area contributed by atoms with Crippen LogP contribution in [-0.4, -0.2) is 31.7 Å². The third-order valence-electron chi connectivity index (χ3n) is 3.44. The van der Waals surface area contributed by atoms with E-state index in [2.05, 4.69) is 9.97 Å². The lowest BCUT2D eigenvalue weighted by atomic mass is 10.0. The Morgan fingerprint density at radius 1 is 1.04 bits per heavy atom. The summed E-state index contributed by atoms with van der Waals surface area (Å²) in [5.41, 5.74) is 1.51. The number of aliphatic hydroxyl groups excluding tert-OH is 2. The summed E-state index contributed by atoms with van der Waals surface area (Å²) in [6.07, 6.45) is -1.28. The van der Waals surface area contributed by atoms with Gasteiger partial charge in [0.15, 0.2) is 0 Å². The fourth-order valence-corrected chi connectivity index (χ4v) is 2.36. The van der Waals surface area contributed by atoms with Gasteiger partial charge in [-0.25, -0.2) is 9.97 Å². The lowest BCUT2D eigenvalue weighted by Crippen LogP contribution is -2.09. The van der Waals surface area contributed by atoms with Crippen molar-refractivity contribution in [3.63, 3.8) is 0 Å². The Morgan fingerprint density at radius 3 is 2.30 bits per heavy atom. The van der Waals surface area contributed by atoms with Crippen LogP contribution in [0.5, 0.6) is 0 Å². The molecule has 0 saturated carbocycles. The van der Waals surface area contributed by atoms with Crippen molar-refractivity contribution in [1.82, 2.24) is 9.97 Å². The molecule has 0 aliphatic rings. The molecule has 7 heteroatoms. The molecule has 1 heterocycles. The maximum absolute atomic E-state index is 11.3. The molecule has 0 saturated heterocycles. The number of nitro benzene ring substituents is 1. The highest BCUT2D eigenvalue weighted by Crippen LogP contribution is 2.33. The molecule has 1 atom stereocenters. The van der Waals surface area contributed by atoms with E-state index in [9.17, 15) is 20.3 Å². The molecule has 116 valence electrons. The molecule has 0 spiro atoms. The van der Waals surface area contributed by atoms with Gasteiger partial charge in [-0.15, -0.1) is 0 Å². The van der Waals surface area contributed by atoms with Crippen LogP contribution in [0.25, 0.3) is 22.3 Å². The van der Waals surface area contributed by atoms with E-state index < -0.39 is 17.6 Å². The summed E-state index contributed by atoms with van der Waals surface area (Å²) in [5.74, 6) is 0. The van der Waals surface area contributed by atoms with Gasteiger partial charge in [0.25, 0.3) is 5.69 Å². The molecule has 3 aromatic rings. The lowest BCUT2D eigenvalue weighted by Gasteiger charge is -2.13. The molecule has 3 rings (SSSR count). The van der Waals surface area contributed by atoms with Crippen molar-refractivity contribution in [2.24, 2.45) is 0 Å². The molecule has 0 fully saturated rings. The van der Waals surface area contributed by atoms with Crippen molar-refractivity contribution in [3.05, 3.63) is 64.3 Å². The van der Waals surface area contributed by atoms with Crippen molar-refractivity contribution in [1.29, 1.82) is 0 Å². The number of rotatable bonds is 4. The molecule has 1 unspecified atom stereocenters. The van der Waals surface area contributed by atoms with Crippen LogP contribution in [0.1, 0.15) is 11.8 Å². The number of fused-ring (bicyclic) bond motifs is 1. The van der Waals surface area contributed by atoms with Crippen LogP contribution in [0.2, 0.25) is 0 Å². The van der Waals surface area contributed by atoms with E-state index in [1.807, 2.05) is 0 Å². The number of aliphatic hydroxyl groups is 2. The van der Waals surface area contributed by atoms with Crippen LogP contribution in [0.3, 0.4) is 0 Å². The second-order valence-corrected chi connectivity index (χ2v) is 4.92. The van der Waals surface area contributed by atoms with Crippen LogP contribution in [-0.2, 0) is 0 Å². The molecule has 1 aromatic heterocycles. The minimum Gasteiger partial charge on any atom is -0.393 e. The number of nitrogens with zero attached hydrogens (tertiary/aromatic N) is 3. The highest BCUT2D eigenvalue weighted by Gasteiger charge is 2.23. The number of hydrogen-bond donors (Lipinski definition) is 2. The van der Waals surface area contributed by atoms with Gasteiger partial charge >= 0.3 is 0 Å². The Morgan fingerprint density at radius 2 is 1.65 bits per heavy atom. The monoisotopic (exact) mass is 311 g/mol. The molecule has 2 N–H and O–H groups in total. The van der Waals surface area contributed by atoms with Gasteiger partial charge in [0, 0.05) is 6.07 Å². The second kappa shape index (κ2) is 6.07. The number of hydrogen-bond acceptors (Lipinski definition) is 6. The molecule has 2 aromatic carbocycles. The predicted molar refractivity (Wildman–Crippen MR) is 83.7 cm³/mol. The van der Waals surface area contributed by atoms with Gasteiger partial charge < -0.3 is 10.2 Å². The summed E-state index contributed by atoms with van der Waals surface area (Å²) in [6.45, 7) is -0.555. The minimum atomic E-state index is -1.28. The van der Waals surface area contributed by atoms with Crippen LogP contribution in [0.4, 0.5) is 5.69 Å². The van der Waals surface area contributed by atoms with E-state index in [1.165, 1.54) is 6.07 Å². The van der Waals surface area contributed by atoms with Crippen molar-refractivity contribution in [3.8, 4) is 11.3 Å². The minimum absolute atomic E-state index is 0.112. The standard InChI is InChI=1S/C16H13N3O4/c20-9-14(21)16-15(10-5-1-4-8-13(10)19(22)23)17-11-6-2-3-7-12(11)18-16/h1-8,14,20-21H,9H2. The summed E-state index contributed by atoms with van der Waals surface area (Å²) < 4.78 is 0. The van der Waals surface area contributed by atoms with E-state index in [4.69, 9.17) is 0 Å². The average Bonchev–Trinajstić information content (AvgIpc) is 2.59. The zero-order chi connectivity index (χ0) is 16.4. The molecule has 0 radical (unpaired) electrons. The third-order valence-corrected chi connectivity index (χ3v) is 3.44. The van der Waals surface area contributed by atoms with Gasteiger partial charge in [0.05, 0.1) is 33.8 Å². The molecule has 7 nitrogen and oxygen atoms in total. The largest absolute Gasteiger partial charge is 0.393 e. The Kier molecular flexibility index (Phi) is 3.96. The van der Waals surface area contributed by atoms with E-state index in [0.717, 1.165) is 0 Å². The van der Waals surface area contributed by atoms with Crippen LogP contribution >= 0.6 is 0 Å². The fourth-order valence-electron chi connectivity index (χ4n) is 2.36. The summed E-state index contributed by atoms with van der Waals surface area (Å²) >= 11 is 0. The summed E-state index contributed by atoms with van der Waals surface area (Å²) in [6, 6.07) is 13.1. The van der Waals surface area contributed by atoms with E-state index in [0.29, 0.717) is 11.0 Å². The lowest BCUT2D eigenvalue weighted by molar-refractivity contribution is -0.384. The summed E-state index contributed by atoms with van der Waals surface area (Å²) in [7, 11) is 0. The smallest absolute Gasteiger partial charge is 0.278 e. The molecular formula is C16H13N3O4. The number of para-hydroxylation sites is 3.